The SMILES string of the molecule is CC(C(=O)NCC1(N(C)C)CCCC1)=C1CNC1. The number of amides is 1. The zero-order valence-electron chi connectivity index (χ0n) is 11.8. The molecule has 0 radical (unpaired) electrons. The number of nitrogens with zero attached hydrogens (tertiary/aromatic N) is 1. The summed E-state index contributed by atoms with van der Waals surface area (Å²) in [5.41, 5.74) is 2.33. The van der Waals surface area contributed by atoms with Gasteiger partial charge < -0.3 is 15.5 Å². The third-order valence-corrected chi connectivity index (χ3v) is 4.61. The molecule has 0 aromatic carbocycles. The van der Waals surface area contributed by atoms with Crippen LogP contribution in [0.2, 0.25) is 0 Å². The van der Waals surface area contributed by atoms with E-state index in [2.05, 4.69) is 29.6 Å². The van der Waals surface area contributed by atoms with E-state index in [9.17, 15) is 4.79 Å². The minimum absolute atomic E-state index is 0.111. The van der Waals surface area contributed by atoms with Crippen LogP contribution < -0.4 is 10.6 Å². The average Bonchev–Trinajstić information content (AvgIpc) is 2.73. The molecule has 1 saturated heterocycles. The fraction of sp³-hybridized carbons (Fsp3) is 0.786. The number of nitrogens with one attached hydrogen (secondary N) is 2. The van der Waals surface area contributed by atoms with Crippen molar-refractivity contribution in [1.82, 2.24) is 15.5 Å². The van der Waals surface area contributed by atoms with Crippen LogP contribution in [-0.4, -0.2) is 50.1 Å². The Morgan fingerprint density at radius 2 is 1.94 bits per heavy atom. The second-order valence-electron chi connectivity index (χ2n) is 5.84. The number of carbonyl (C=O) groups is 1. The lowest BCUT2D eigenvalue weighted by atomic mass is 9.95. The second kappa shape index (κ2) is 5.41. The number of hydrogen-bond donors (Lipinski definition) is 2. The third kappa shape index (κ3) is 2.59. The van der Waals surface area contributed by atoms with Gasteiger partial charge in [0.1, 0.15) is 0 Å². The van der Waals surface area contributed by atoms with Crippen LogP contribution >= 0.6 is 0 Å². The van der Waals surface area contributed by atoms with E-state index in [1.54, 1.807) is 0 Å². The van der Waals surface area contributed by atoms with Crippen molar-refractivity contribution >= 4 is 5.91 Å². The molecule has 1 heterocycles. The molecule has 2 N–H and O–H groups in total. The van der Waals surface area contributed by atoms with Gasteiger partial charge in [0.25, 0.3) is 0 Å². The van der Waals surface area contributed by atoms with Crippen LogP contribution in [0.25, 0.3) is 0 Å². The van der Waals surface area contributed by atoms with E-state index in [1.165, 1.54) is 31.3 Å². The van der Waals surface area contributed by atoms with Crippen molar-refractivity contribution in [3.8, 4) is 0 Å². The Balaban J connectivity index is 1.92. The molecule has 2 fully saturated rings. The summed E-state index contributed by atoms with van der Waals surface area (Å²) in [5.74, 6) is 0.111. The van der Waals surface area contributed by atoms with Gasteiger partial charge in [-0.3, -0.25) is 4.79 Å². The Morgan fingerprint density at radius 3 is 2.39 bits per heavy atom. The molecule has 1 saturated carbocycles. The van der Waals surface area contributed by atoms with Crippen molar-refractivity contribution in [2.24, 2.45) is 0 Å². The minimum atomic E-state index is 0.111. The van der Waals surface area contributed by atoms with Crippen molar-refractivity contribution in [1.29, 1.82) is 0 Å². The molecule has 102 valence electrons. The van der Waals surface area contributed by atoms with Gasteiger partial charge in [-0.1, -0.05) is 12.8 Å². The molecule has 0 spiro atoms. The monoisotopic (exact) mass is 251 g/mol. The zero-order valence-corrected chi connectivity index (χ0v) is 11.8. The van der Waals surface area contributed by atoms with Crippen molar-refractivity contribution < 1.29 is 4.79 Å². The van der Waals surface area contributed by atoms with Crippen LogP contribution in [0.1, 0.15) is 32.6 Å². The number of likely N-dealkylation sites (N-methyl/N-ethyl adjacent to an activating group) is 1. The van der Waals surface area contributed by atoms with Gasteiger partial charge in [-0.2, -0.15) is 0 Å². The number of hydrogen-bond acceptors (Lipinski definition) is 3. The van der Waals surface area contributed by atoms with Gasteiger partial charge >= 0.3 is 0 Å². The highest BCUT2D eigenvalue weighted by atomic mass is 16.1. The van der Waals surface area contributed by atoms with Crippen molar-refractivity contribution in [2.45, 2.75) is 38.1 Å². The third-order valence-electron chi connectivity index (χ3n) is 4.61. The van der Waals surface area contributed by atoms with Crippen molar-refractivity contribution in [3.05, 3.63) is 11.1 Å². The summed E-state index contributed by atoms with van der Waals surface area (Å²) < 4.78 is 0. The first-order chi connectivity index (χ1) is 8.55. The molecule has 1 aliphatic carbocycles. The van der Waals surface area contributed by atoms with Crippen LogP contribution in [0.4, 0.5) is 0 Å². The summed E-state index contributed by atoms with van der Waals surface area (Å²) in [6.07, 6.45) is 4.94. The highest BCUT2D eigenvalue weighted by Crippen LogP contribution is 2.33. The van der Waals surface area contributed by atoms with Crippen LogP contribution in [0.5, 0.6) is 0 Å². The van der Waals surface area contributed by atoms with Gasteiger partial charge in [0.15, 0.2) is 0 Å². The van der Waals surface area contributed by atoms with E-state index in [1.807, 2.05) is 6.92 Å². The Bertz CT molecular complexity index is 348. The van der Waals surface area contributed by atoms with E-state index >= 15 is 0 Å². The molecule has 18 heavy (non-hydrogen) atoms. The molecule has 0 unspecified atom stereocenters. The Morgan fingerprint density at radius 1 is 1.33 bits per heavy atom. The highest BCUT2D eigenvalue weighted by Gasteiger charge is 2.36. The lowest BCUT2D eigenvalue weighted by molar-refractivity contribution is -0.118. The van der Waals surface area contributed by atoms with Crippen LogP contribution in [0, 0.1) is 0 Å². The summed E-state index contributed by atoms with van der Waals surface area (Å²) >= 11 is 0. The van der Waals surface area contributed by atoms with Crippen molar-refractivity contribution in [2.75, 3.05) is 33.7 Å². The predicted octanol–water partition coefficient (Wildman–Crippen LogP) is 0.897. The summed E-state index contributed by atoms with van der Waals surface area (Å²) in [6.45, 7) is 4.45. The first-order valence-electron chi connectivity index (χ1n) is 6.90. The zero-order chi connectivity index (χ0) is 13.2. The predicted molar refractivity (Wildman–Crippen MR) is 73.5 cm³/mol. The van der Waals surface area contributed by atoms with E-state index in [4.69, 9.17) is 0 Å². The van der Waals surface area contributed by atoms with E-state index in [0.29, 0.717) is 0 Å². The lowest BCUT2D eigenvalue weighted by Crippen LogP contribution is -2.51. The van der Waals surface area contributed by atoms with Crippen LogP contribution in [0.15, 0.2) is 11.1 Å². The maximum atomic E-state index is 12.1. The molecule has 4 heteroatoms. The summed E-state index contributed by atoms with van der Waals surface area (Å²) in [4.78, 5) is 14.4. The van der Waals surface area contributed by atoms with Gasteiger partial charge in [-0.25, -0.2) is 0 Å². The molecule has 1 amide bonds. The molecule has 0 bridgehead atoms. The van der Waals surface area contributed by atoms with Crippen molar-refractivity contribution in [3.63, 3.8) is 0 Å². The molecule has 1 aliphatic heterocycles. The van der Waals surface area contributed by atoms with Gasteiger partial charge in [-0.05, 0) is 39.4 Å². The average molecular weight is 251 g/mol. The highest BCUT2D eigenvalue weighted by molar-refractivity contribution is 5.94. The summed E-state index contributed by atoms with van der Waals surface area (Å²) in [5, 5.41) is 6.30. The molecular formula is C14H25N3O. The molecule has 2 aliphatic rings. The summed E-state index contributed by atoms with van der Waals surface area (Å²) in [6, 6.07) is 0. The van der Waals surface area contributed by atoms with E-state index < -0.39 is 0 Å². The quantitative estimate of drug-likeness (QED) is 0.730. The fourth-order valence-corrected chi connectivity index (χ4v) is 2.87. The fourth-order valence-electron chi connectivity index (χ4n) is 2.87. The first-order valence-corrected chi connectivity index (χ1v) is 6.90. The van der Waals surface area contributed by atoms with Gasteiger partial charge in [0, 0.05) is 30.7 Å². The van der Waals surface area contributed by atoms with Crippen LogP contribution in [-0.2, 0) is 4.79 Å². The molecule has 0 aromatic heterocycles. The normalized spacial score (nSPS) is 21.9. The first kappa shape index (κ1) is 13.6. The van der Waals surface area contributed by atoms with E-state index in [0.717, 1.165) is 25.2 Å². The molecular weight excluding hydrogens is 226 g/mol. The standard InChI is InChI=1S/C14H25N3O/c1-11(12-8-15-9-12)13(18)16-10-14(17(2)3)6-4-5-7-14/h15H,4-10H2,1-3H3,(H,16,18). The van der Waals surface area contributed by atoms with Crippen LogP contribution in [0.3, 0.4) is 0 Å². The number of carbonyl (C=O) groups excluding carboxylic acids is 1. The topological polar surface area (TPSA) is 44.4 Å². The summed E-state index contributed by atoms with van der Waals surface area (Å²) in [7, 11) is 4.25. The number of rotatable bonds is 4. The van der Waals surface area contributed by atoms with Gasteiger partial charge in [0.2, 0.25) is 5.91 Å². The second-order valence-corrected chi connectivity index (χ2v) is 5.84. The molecule has 4 nitrogen and oxygen atoms in total. The lowest BCUT2D eigenvalue weighted by Gasteiger charge is -2.36. The largest absolute Gasteiger partial charge is 0.350 e. The molecule has 2 rings (SSSR count). The van der Waals surface area contributed by atoms with E-state index in [-0.39, 0.29) is 11.4 Å². The van der Waals surface area contributed by atoms with Gasteiger partial charge in [-0.15, -0.1) is 0 Å². The Labute approximate surface area is 110 Å². The smallest absolute Gasteiger partial charge is 0.247 e. The molecule has 0 atom stereocenters. The molecule has 0 aromatic rings. The maximum absolute atomic E-state index is 12.1. The Hall–Kier alpha value is -0.870. The Kier molecular flexibility index (Phi) is 4.07. The van der Waals surface area contributed by atoms with Gasteiger partial charge in [0.05, 0.1) is 0 Å². The minimum Gasteiger partial charge on any atom is -0.350 e. The maximum Gasteiger partial charge on any atom is 0.247 e.